The van der Waals surface area contributed by atoms with Gasteiger partial charge in [-0.05, 0) is 51.3 Å². The van der Waals surface area contributed by atoms with E-state index < -0.39 is 33.9 Å². The van der Waals surface area contributed by atoms with Crippen molar-refractivity contribution < 1.29 is 23.1 Å². The molecule has 1 aromatic carbocycles. The van der Waals surface area contributed by atoms with Crippen LogP contribution in [-0.4, -0.2) is 37.5 Å². The number of benzene rings is 1. The lowest BCUT2D eigenvalue weighted by Gasteiger charge is -2.18. The van der Waals surface area contributed by atoms with Crippen LogP contribution in [0.15, 0.2) is 23.1 Å². The first-order valence-corrected chi connectivity index (χ1v) is 9.27. The summed E-state index contributed by atoms with van der Waals surface area (Å²) in [6, 6.07) is 3.75. The minimum absolute atomic E-state index is 0.0231. The summed E-state index contributed by atoms with van der Waals surface area (Å²) in [7, 11) is -3.65. The third-order valence-corrected chi connectivity index (χ3v) is 5.68. The van der Waals surface area contributed by atoms with Crippen LogP contribution in [0.3, 0.4) is 0 Å². The predicted octanol–water partition coefficient (Wildman–Crippen LogP) is 1.27. The molecule has 1 aliphatic rings. The Bertz CT molecular complexity index is 756. The van der Waals surface area contributed by atoms with E-state index in [1.165, 1.54) is 19.1 Å². The SMILES string of the molecule is Cc1ccc(S(=O)(=O)NC2CC2)cc1C(=O)NC(C)C(C)C(=O)O. The number of rotatable bonds is 7. The lowest BCUT2D eigenvalue weighted by atomic mass is 10.0. The van der Waals surface area contributed by atoms with Crippen LogP contribution in [0.5, 0.6) is 0 Å². The number of nitrogens with one attached hydrogen (secondary N) is 2. The van der Waals surface area contributed by atoms with E-state index in [1.807, 2.05) is 0 Å². The van der Waals surface area contributed by atoms with Crippen molar-refractivity contribution >= 4 is 21.9 Å². The molecule has 0 saturated heterocycles. The van der Waals surface area contributed by atoms with Crippen molar-refractivity contribution in [2.75, 3.05) is 0 Å². The molecule has 0 heterocycles. The normalized spacial score (nSPS) is 17.1. The zero-order valence-corrected chi connectivity index (χ0v) is 14.7. The topological polar surface area (TPSA) is 113 Å². The van der Waals surface area contributed by atoms with E-state index in [0.717, 1.165) is 12.8 Å². The minimum Gasteiger partial charge on any atom is -0.481 e. The molecule has 8 heteroatoms. The van der Waals surface area contributed by atoms with Gasteiger partial charge in [0, 0.05) is 17.6 Å². The Morgan fingerprint density at radius 3 is 2.42 bits per heavy atom. The Hall–Kier alpha value is -1.93. The van der Waals surface area contributed by atoms with Gasteiger partial charge in [0.2, 0.25) is 10.0 Å². The molecule has 1 saturated carbocycles. The van der Waals surface area contributed by atoms with Crippen LogP contribution in [0.2, 0.25) is 0 Å². The predicted molar refractivity (Wildman–Crippen MR) is 88.3 cm³/mol. The minimum atomic E-state index is -3.65. The summed E-state index contributed by atoms with van der Waals surface area (Å²) in [5.74, 6) is -2.25. The van der Waals surface area contributed by atoms with Crippen molar-refractivity contribution in [2.45, 2.75) is 50.6 Å². The van der Waals surface area contributed by atoms with Crippen LogP contribution in [-0.2, 0) is 14.8 Å². The quantitative estimate of drug-likeness (QED) is 0.683. The van der Waals surface area contributed by atoms with Crippen molar-refractivity contribution in [3.63, 3.8) is 0 Å². The molecule has 0 aliphatic heterocycles. The maximum Gasteiger partial charge on any atom is 0.308 e. The fourth-order valence-electron chi connectivity index (χ4n) is 2.12. The molecular weight excluding hydrogens is 332 g/mol. The molecule has 7 nitrogen and oxygen atoms in total. The van der Waals surface area contributed by atoms with Gasteiger partial charge in [0.05, 0.1) is 10.8 Å². The summed E-state index contributed by atoms with van der Waals surface area (Å²) in [5, 5.41) is 11.6. The molecule has 1 amide bonds. The van der Waals surface area contributed by atoms with Gasteiger partial charge >= 0.3 is 5.97 Å². The van der Waals surface area contributed by atoms with E-state index in [1.54, 1.807) is 19.9 Å². The maximum absolute atomic E-state index is 12.4. The summed E-state index contributed by atoms with van der Waals surface area (Å²) in [6.07, 6.45) is 1.64. The number of carbonyl (C=O) groups excluding carboxylic acids is 1. The first-order chi connectivity index (χ1) is 11.1. The number of carboxylic acid groups (broad SMARTS) is 1. The van der Waals surface area contributed by atoms with E-state index in [9.17, 15) is 18.0 Å². The van der Waals surface area contributed by atoms with Crippen LogP contribution in [0, 0.1) is 12.8 Å². The Kier molecular flexibility index (Phi) is 5.29. The lowest BCUT2D eigenvalue weighted by Crippen LogP contribution is -2.40. The number of hydrogen-bond acceptors (Lipinski definition) is 4. The molecule has 24 heavy (non-hydrogen) atoms. The summed E-state index contributed by atoms with van der Waals surface area (Å²) in [6.45, 7) is 4.80. The largest absolute Gasteiger partial charge is 0.481 e. The highest BCUT2D eigenvalue weighted by molar-refractivity contribution is 7.89. The van der Waals surface area contributed by atoms with Gasteiger partial charge in [-0.25, -0.2) is 13.1 Å². The number of carbonyl (C=O) groups is 2. The average Bonchev–Trinajstić information content (AvgIpc) is 3.29. The Balaban J connectivity index is 2.21. The van der Waals surface area contributed by atoms with Crippen molar-refractivity contribution in [1.82, 2.24) is 10.0 Å². The Morgan fingerprint density at radius 2 is 1.88 bits per heavy atom. The van der Waals surface area contributed by atoms with Crippen LogP contribution < -0.4 is 10.0 Å². The van der Waals surface area contributed by atoms with Gasteiger partial charge in [-0.3, -0.25) is 9.59 Å². The zero-order valence-electron chi connectivity index (χ0n) is 13.9. The second kappa shape index (κ2) is 6.90. The summed E-state index contributed by atoms with van der Waals surface area (Å²) in [4.78, 5) is 23.4. The molecule has 1 fully saturated rings. The van der Waals surface area contributed by atoms with Gasteiger partial charge in [-0.2, -0.15) is 0 Å². The molecule has 1 aromatic rings. The molecule has 1 aliphatic carbocycles. The van der Waals surface area contributed by atoms with Gasteiger partial charge < -0.3 is 10.4 Å². The third kappa shape index (κ3) is 4.33. The highest BCUT2D eigenvalue weighted by atomic mass is 32.2. The zero-order chi connectivity index (χ0) is 18.1. The smallest absolute Gasteiger partial charge is 0.308 e. The van der Waals surface area contributed by atoms with Gasteiger partial charge in [0.1, 0.15) is 0 Å². The fourth-order valence-corrected chi connectivity index (χ4v) is 3.46. The molecule has 0 aromatic heterocycles. The van der Waals surface area contributed by atoms with Gasteiger partial charge in [0.25, 0.3) is 5.91 Å². The number of amides is 1. The molecule has 0 spiro atoms. The van der Waals surface area contributed by atoms with E-state index in [2.05, 4.69) is 10.0 Å². The molecule has 2 rings (SSSR count). The van der Waals surface area contributed by atoms with E-state index in [4.69, 9.17) is 5.11 Å². The summed E-state index contributed by atoms with van der Waals surface area (Å²) in [5.41, 5.74) is 0.839. The summed E-state index contributed by atoms with van der Waals surface area (Å²) < 4.78 is 27.1. The van der Waals surface area contributed by atoms with Crippen molar-refractivity contribution in [3.05, 3.63) is 29.3 Å². The number of carboxylic acids is 1. The van der Waals surface area contributed by atoms with Gasteiger partial charge in [-0.1, -0.05) is 6.07 Å². The van der Waals surface area contributed by atoms with Crippen LogP contribution in [0.25, 0.3) is 0 Å². The van der Waals surface area contributed by atoms with Crippen LogP contribution in [0.4, 0.5) is 0 Å². The first kappa shape index (κ1) is 18.4. The summed E-state index contributed by atoms with van der Waals surface area (Å²) >= 11 is 0. The van der Waals surface area contributed by atoms with Crippen molar-refractivity contribution in [1.29, 1.82) is 0 Å². The molecule has 132 valence electrons. The average molecular weight is 354 g/mol. The first-order valence-electron chi connectivity index (χ1n) is 7.78. The number of aliphatic carboxylic acids is 1. The highest BCUT2D eigenvalue weighted by Crippen LogP contribution is 2.23. The monoisotopic (exact) mass is 354 g/mol. The van der Waals surface area contributed by atoms with Crippen LogP contribution in [0.1, 0.15) is 42.6 Å². The maximum atomic E-state index is 12.4. The molecule has 0 radical (unpaired) electrons. The van der Waals surface area contributed by atoms with Gasteiger partial charge in [-0.15, -0.1) is 0 Å². The van der Waals surface area contributed by atoms with Gasteiger partial charge in [0.15, 0.2) is 0 Å². The van der Waals surface area contributed by atoms with E-state index in [-0.39, 0.29) is 16.5 Å². The standard InChI is InChI=1S/C16H22N2O5S/c1-9-4-7-13(24(22,23)18-12-5-6-12)8-14(9)15(19)17-11(3)10(2)16(20)21/h4,7-8,10-12,18H,5-6H2,1-3H3,(H,17,19)(H,20,21). The number of hydrogen-bond donors (Lipinski definition) is 3. The molecule has 0 bridgehead atoms. The Morgan fingerprint density at radius 1 is 1.25 bits per heavy atom. The third-order valence-electron chi connectivity index (χ3n) is 4.16. The second-order valence-corrected chi connectivity index (χ2v) is 7.98. The Labute approximate surface area is 141 Å². The lowest BCUT2D eigenvalue weighted by molar-refractivity contribution is -0.141. The van der Waals surface area contributed by atoms with E-state index in [0.29, 0.717) is 5.56 Å². The fraction of sp³-hybridized carbons (Fsp3) is 0.500. The molecular formula is C16H22N2O5S. The number of sulfonamides is 1. The van der Waals surface area contributed by atoms with E-state index >= 15 is 0 Å². The van der Waals surface area contributed by atoms with Crippen molar-refractivity contribution in [2.24, 2.45) is 5.92 Å². The molecule has 3 N–H and O–H groups in total. The van der Waals surface area contributed by atoms with Crippen molar-refractivity contribution in [3.8, 4) is 0 Å². The number of aryl methyl sites for hydroxylation is 1. The molecule has 2 atom stereocenters. The molecule has 2 unspecified atom stereocenters. The second-order valence-electron chi connectivity index (χ2n) is 6.26. The van der Waals surface area contributed by atoms with Crippen LogP contribution >= 0.6 is 0 Å². The highest BCUT2D eigenvalue weighted by Gasteiger charge is 2.29.